The molecule has 1 amide bonds. The third-order valence-electron chi connectivity index (χ3n) is 4.06. The van der Waals surface area contributed by atoms with Crippen molar-refractivity contribution in [2.75, 3.05) is 25.5 Å². The number of hydrogen-bond donors (Lipinski definition) is 2. The molecule has 0 bridgehead atoms. The molecule has 0 aliphatic carbocycles. The molecule has 0 aromatic heterocycles. The highest BCUT2D eigenvalue weighted by atomic mass is 16.5. The Morgan fingerprint density at radius 2 is 1.80 bits per heavy atom. The molecule has 2 rings (SSSR count). The average molecular weight is 341 g/mol. The Morgan fingerprint density at radius 1 is 1.12 bits per heavy atom. The van der Waals surface area contributed by atoms with E-state index >= 15 is 0 Å². The van der Waals surface area contributed by atoms with Gasteiger partial charge in [-0.15, -0.1) is 0 Å². The molecule has 134 valence electrons. The predicted octanol–water partition coefficient (Wildman–Crippen LogP) is 2.86. The maximum absolute atomic E-state index is 12.4. The van der Waals surface area contributed by atoms with Crippen molar-refractivity contribution in [2.45, 2.75) is 33.2 Å². The van der Waals surface area contributed by atoms with E-state index in [2.05, 4.69) is 37.4 Å². The summed E-state index contributed by atoms with van der Waals surface area (Å²) in [4.78, 5) is 13.5. The molecule has 0 heterocycles. The van der Waals surface area contributed by atoms with Crippen molar-refractivity contribution in [1.29, 1.82) is 0 Å². The number of anilines is 1. The molecule has 2 aromatic rings. The van der Waals surface area contributed by atoms with Crippen molar-refractivity contribution < 1.29 is 14.4 Å². The molecule has 0 saturated heterocycles. The first kappa shape index (κ1) is 19.0. The van der Waals surface area contributed by atoms with Crippen LogP contribution in [0.25, 0.3) is 0 Å². The summed E-state index contributed by atoms with van der Waals surface area (Å²) in [7, 11) is 2.03. The first-order valence-corrected chi connectivity index (χ1v) is 8.91. The summed E-state index contributed by atoms with van der Waals surface area (Å²) in [5.74, 6) is 1.30. The van der Waals surface area contributed by atoms with Crippen LogP contribution in [-0.4, -0.2) is 26.1 Å². The van der Waals surface area contributed by atoms with Crippen LogP contribution in [0, 0.1) is 0 Å². The maximum atomic E-state index is 12.4. The van der Waals surface area contributed by atoms with Crippen molar-refractivity contribution in [3.05, 3.63) is 59.7 Å². The first-order valence-electron chi connectivity index (χ1n) is 8.91. The summed E-state index contributed by atoms with van der Waals surface area (Å²) >= 11 is 0. The predicted molar refractivity (Wildman–Crippen MR) is 102 cm³/mol. The molecular weight excluding hydrogens is 312 g/mol. The average Bonchev–Trinajstić information content (AvgIpc) is 2.57. The molecule has 4 heteroatoms. The molecule has 1 atom stereocenters. The van der Waals surface area contributed by atoms with Crippen molar-refractivity contribution in [3.63, 3.8) is 0 Å². The van der Waals surface area contributed by atoms with Gasteiger partial charge in [0.15, 0.2) is 6.54 Å². The van der Waals surface area contributed by atoms with Gasteiger partial charge in [0.1, 0.15) is 12.3 Å². The smallest absolute Gasteiger partial charge is 0.279 e. The monoisotopic (exact) mass is 341 g/mol. The molecule has 0 aliphatic heterocycles. The number of para-hydroxylation sites is 1. The summed E-state index contributed by atoms with van der Waals surface area (Å²) in [6.45, 7) is 8.14. The summed E-state index contributed by atoms with van der Waals surface area (Å²) in [6, 6.07) is 16.1. The van der Waals surface area contributed by atoms with Crippen LogP contribution in [0.2, 0.25) is 0 Å². The van der Waals surface area contributed by atoms with Crippen molar-refractivity contribution in [2.24, 2.45) is 0 Å². The fourth-order valence-corrected chi connectivity index (χ4v) is 2.86. The lowest BCUT2D eigenvalue weighted by Gasteiger charge is -2.16. The molecule has 0 spiro atoms. The minimum absolute atomic E-state index is 0.0385. The second-order valence-electron chi connectivity index (χ2n) is 6.68. The van der Waals surface area contributed by atoms with Gasteiger partial charge in [-0.3, -0.25) is 4.79 Å². The first-order chi connectivity index (χ1) is 12.0. The van der Waals surface area contributed by atoms with Crippen LogP contribution in [0.1, 0.15) is 37.8 Å². The molecule has 25 heavy (non-hydrogen) atoms. The minimum Gasteiger partial charge on any atom is -0.494 e. The van der Waals surface area contributed by atoms with Crippen LogP contribution in [0.15, 0.2) is 48.5 Å². The lowest BCUT2D eigenvalue weighted by atomic mass is 10.0. The molecule has 2 aromatic carbocycles. The third kappa shape index (κ3) is 5.91. The second-order valence-corrected chi connectivity index (χ2v) is 6.68. The van der Waals surface area contributed by atoms with E-state index in [4.69, 9.17) is 4.74 Å². The largest absolute Gasteiger partial charge is 0.494 e. The summed E-state index contributed by atoms with van der Waals surface area (Å²) < 4.78 is 5.46. The number of quaternary nitrogens is 1. The second kappa shape index (κ2) is 9.23. The number of carbonyl (C=O) groups is 1. The topological polar surface area (TPSA) is 42.8 Å². The van der Waals surface area contributed by atoms with Crippen LogP contribution in [0.5, 0.6) is 5.75 Å². The zero-order valence-corrected chi connectivity index (χ0v) is 15.6. The zero-order valence-electron chi connectivity index (χ0n) is 15.6. The van der Waals surface area contributed by atoms with Gasteiger partial charge in [0, 0.05) is 11.3 Å². The van der Waals surface area contributed by atoms with Gasteiger partial charge >= 0.3 is 0 Å². The van der Waals surface area contributed by atoms with E-state index < -0.39 is 0 Å². The highest BCUT2D eigenvalue weighted by Gasteiger charge is 2.13. The number of rotatable bonds is 8. The van der Waals surface area contributed by atoms with Gasteiger partial charge in [0.2, 0.25) is 0 Å². The van der Waals surface area contributed by atoms with Gasteiger partial charge in [-0.25, -0.2) is 0 Å². The van der Waals surface area contributed by atoms with Crippen LogP contribution in [0.3, 0.4) is 0 Å². The molecule has 0 radical (unpaired) electrons. The van der Waals surface area contributed by atoms with Crippen LogP contribution < -0.4 is 15.0 Å². The van der Waals surface area contributed by atoms with Gasteiger partial charge in [-0.2, -0.15) is 0 Å². The maximum Gasteiger partial charge on any atom is 0.279 e. The lowest BCUT2D eigenvalue weighted by molar-refractivity contribution is -0.885. The number of hydrogen-bond acceptors (Lipinski definition) is 2. The zero-order chi connectivity index (χ0) is 18.2. The quantitative estimate of drug-likeness (QED) is 0.775. The summed E-state index contributed by atoms with van der Waals surface area (Å²) in [5.41, 5.74) is 3.27. The Morgan fingerprint density at radius 3 is 2.44 bits per heavy atom. The van der Waals surface area contributed by atoms with E-state index in [1.54, 1.807) is 0 Å². The van der Waals surface area contributed by atoms with Crippen molar-refractivity contribution in [3.8, 4) is 5.75 Å². The van der Waals surface area contributed by atoms with Crippen molar-refractivity contribution in [1.82, 2.24) is 0 Å². The van der Waals surface area contributed by atoms with Crippen LogP contribution >= 0.6 is 0 Å². The summed E-state index contributed by atoms with van der Waals surface area (Å²) in [6.07, 6.45) is 0. The Bertz CT molecular complexity index is 681. The Hall–Kier alpha value is -2.33. The standard InChI is InChI=1S/C21H28N2O2/c1-5-25-18-12-10-17(11-13-18)14-23(4)15-21(24)22-20-9-7-6-8-19(20)16(2)3/h6-13,16H,5,14-15H2,1-4H3,(H,22,24)/p+1. The van der Waals surface area contributed by atoms with E-state index in [1.807, 2.05) is 44.3 Å². The Kier molecular flexibility index (Phi) is 7.02. The van der Waals surface area contributed by atoms with Crippen molar-refractivity contribution >= 4 is 11.6 Å². The summed E-state index contributed by atoms with van der Waals surface area (Å²) in [5, 5.41) is 3.05. The Balaban J connectivity index is 1.90. The minimum atomic E-state index is 0.0385. The van der Waals surface area contributed by atoms with E-state index in [1.165, 1.54) is 11.1 Å². The molecule has 1 unspecified atom stereocenters. The Labute approximate surface area is 150 Å². The number of likely N-dealkylation sites (N-methyl/N-ethyl adjacent to an activating group) is 1. The molecule has 0 aliphatic rings. The number of nitrogens with one attached hydrogen (secondary N) is 2. The van der Waals surface area contributed by atoms with Gasteiger partial charge in [0.05, 0.1) is 13.7 Å². The molecule has 0 saturated carbocycles. The van der Waals surface area contributed by atoms with E-state index in [9.17, 15) is 4.79 Å². The van der Waals surface area contributed by atoms with Crippen LogP contribution in [-0.2, 0) is 11.3 Å². The molecule has 2 N–H and O–H groups in total. The van der Waals surface area contributed by atoms with Crippen LogP contribution in [0.4, 0.5) is 5.69 Å². The molecule has 4 nitrogen and oxygen atoms in total. The number of carbonyl (C=O) groups excluding carboxylic acids is 1. The fraction of sp³-hybridized carbons (Fsp3) is 0.381. The van der Waals surface area contributed by atoms with Gasteiger partial charge in [-0.05, 0) is 48.7 Å². The highest BCUT2D eigenvalue weighted by Crippen LogP contribution is 2.23. The molecular formula is C21H29N2O2+. The van der Waals surface area contributed by atoms with E-state index in [0.29, 0.717) is 19.1 Å². The normalized spacial score (nSPS) is 12.0. The van der Waals surface area contributed by atoms with E-state index in [0.717, 1.165) is 22.9 Å². The van der Waals surface area contributed by atoms with Gasteiger partial charge < -0.3 is 15.0 Å². The molecule has 0 fully saturated rings. The number of benzene rings is 2. The van der Waals surface area contributed by atoms with Gasteiger partial charge in [0.25, 0.3) is 5.91 Å². The lowest BCUT2D eigenvalue weighted by Crippen LogP contribution is -3.08. The van der Waals surface area contributed by atoms with Gasteiger partial charge in [-0.1, -0.05) is 32.0 Å². The number of amides is 1. The number of ether oxygens (including phenoxy) is 1. The third-order valence-corrected chi connectivity index (χ3v) is 4.06. The van der Waals surface area contributed by atoms with E-state index in [-0.39, 0.29) is 5.91 Å². The SMILES string of the molecule is CCOc1ccc(C[NH+](C)CC(=O)Nc2ccccc2C(C)C)cc1. The fourth-order valence-electron chi connectivity index (χ4n) is 2.86. The highest BCUT2D eigenvalue weighted by molar-refractivity contribution is 5.92.